The number of amides is 1. The third kappa shape index (κ3) is 1.31. The van der Waals surface area contributed by atoms with Crippen molar-refractivity contribution >= 4 is 11.7 Å². The Hall–Kier alpha value is -1.38. The van der Waals surface area contributed by atoms with Crippen LogP contribution < -0.4 is 5.73 Å². The minimum atomic E-state index is -0.516. The summed E-state index contributed by atoms with van der Waals surface area (Å²) in [5.41, 5.74) is 5.32. The first kappa shape index (κ1) is 6.74. The molecule has 0 bridgehead atoms. The van der Waals surface area contributed by atoms with E-state index in [2.05, 4.69) is 0 Å². The average Bonchev–Trinajstić information content (AvgIpc) is 1.88. The van der Waals surface area contributed by atoms with Crippen molar-refractivity contribution in [3.05, 3.63) is 23.8 Å². The number of primary amides is 1. The summed E-state index contributed by atoms with van der Waals surface area (Å²) in [5, 5.41) is 0. The van der Waals surface area contributed by atoms with Gasteiger partial charge in [-0.25, -0.2) is 0 Å². The molecule has 0 aromatic rings. The molecular formula is C7H7NO2. The monoisotopic (exact) mass is 137 g/mol. The summed E-state index contributed by atoms with van der Waals surface area (Å²) in [5.74, 6) is -0.589. The van der Waals surface area contributed by atoms with Gasteiger partial charge in [0.05, 0.1) is 0 Å². The fraction of sp³-hybridized carbons (Fsp3) is 0.143. The summed E-state index contributed by atoms with van der Waals surface area (Å²) < 4.78 is 0. The number of carbonyl (C=O) groups excluding carboxylic acids is 2. The lowest BCUT2D eigenvalue weighted by Gasteiger charge is -2.01. The second kappa shape index (κ2) is 2.47. The van der Waals surface area contributed by atoms with Gasteiger partial charge in [-0.3, -0.25) is 9.59 Å². The van der Waals surface area contributed by atoms with Crippen molar-refractivity contribution in [3.8, 4) is 0 Å². The summed E-state index contributed by atoms with van der Waals surface area (Å²) in [6.07, 6.45) is 4.66. The molecule has 0 saturated heterocycles. The Balaban J connectivity index is 2.80. The van der Waals surface area contributed by atoms with Crippen LogP contribution >= 0.6 is 0 Å². The number of carbonyl (C=O) groups is 2. The number of hydrogen-bond acceptors (Lipinski definition) is 2. The summed E-state index contributed by atoms with van der Waals surface area (Å²) in [6, 6.07) is 0. The largest absolute Gasteiger partial charge is 0.366 e. The molecule has 0 radical (unpaired) electrons. The van der Waals surface area contributed by atoms with Crippen molar-refractivity contribution < 1.29 is 9.59 Å². The van der Waals surface area contributed by atoms with E-state index in [1.165, 1.54) is 12.2 Å². The zero-order valence-electron chi connectivity index (χ0n) is 5.33. The van der Waals surface area contributed by atoms with Gasteiger partial charge in [0.25, 0.3) is 0 Å². The second-order valence-corrected chi connectivity index (χ2v) is 2.06. The van der Waals surface area contributed by atoms with E-state index in [0.29, 0.717) is 5.57 Å². The van der Waals surface area contributed by atoms with Gasteiger partial charge in [0.1, 0.15) is 0 Å². The summed E-state index contributed by atoms with van der Waals surface area (Å²) in [4.78, 5) is 21.1. The van der Waals surface area contributed by atoms with Crippen molar-refractivity contribution in [1.29, 1.82) is 0 Å². The van der Waals surface area contributed by atoms with Gasteiger partial charge in [0.2, 0.25) is 5.91 Å². The molecule has 0 aromatic heterocycles. The van der Waals surface area contributed by atoms with Crippen LogP contribution in [-0.4, -0.2) is 11.7 Å². The minimum absolute atomic E-state index is 0.0729. The molecule has 10 heavy (non-hydrogen) atoms. The molecule has 52 valence electrons. The van der Waals surface area contributed by atoms with E-state index in [9.17, 15) is 9.59 Å². The molecule has 0 heterocycles. The van der Waals surface area contributed by atoms with E-state index >= 15 is 0 Å². The second-order valence-electron chi connectivity index (χ2n) is 2.06. The minimum Gasteiger partial charge on any atom is -0.366 e. The van der Waals surface area contributed by atoms with Crippen molar-refractivity contribution in [2.75, 3.05) is 0 Å². The average molecular weight is 137 g/mol. The van der Waals surface area contributed by atoms with Gasteiger partial charge >= 0.3 is 0 Å². The number of hydrogen-bond donors (Lipinski definition) is 1. The lowest BCUT2D eigenvalue weighted by atomic mass is 10.0. The fourth-order valence-electron chi connectivity index (χ4n) is 0.746. The van der Waals surface area contributed by atoms with Gasteiger partial charge in [-0.2, -0.15) is 0 Å². The molecule has 1 rings (SSSR count). The number of allylic oxidation sites excluding steroid dienone is 3. The zero-order chi connectivity index (χ0) is 7.56. The maximum absolute atomic E-state index is 10.6. The molecule has 3 nitrogen and oxygen atoms in total. The Kier molecular flexibility index (Phi) is 1.67. The molecule has 0 atom stereocenters. The van der Waals surface area contributed by atoms with Gasteiger partial charge in [-0.05, 0) is 6.08 Å². The van der Waals surface area contributed by atoms with Crippen molar-refractivity contribution in [2.24, 2.45) is 5.73 Å². The van der Waals surface area contributed by atoms with Crippen LogP contribution in [0.5, 0.6) is 0 Å². The van der Waals surface area contributed by atoms with Crippen LogP contribution in [0.2, 0.25) is 0 Å². The summed E-state index contributed by atoms with van der Waals surface area (Å²) in [7, 11) is 0. The van der Waals surface area contributed by atoms with E-state index in [1.807, 2.05) is 0 Å². The van der Waals surface area contributed by atoms with E-state index in [0.717, 1.165) is 0 Å². The van der Waals surface area contributed by atoms with E-state index in [-0.39, 0.29) is 12.2 Å². The molecule has 0 saturated carbocycles. The molecule has 0 spiro atoms. The van der Waals surface area contributed by atoms with E-state index in [1.54, 1.807) is 6.08 Å². The van der Waals surface area contributed by atoms with Crippen LogP contribution in [0.3, 0.4) is 0 Å². The molecule has 1 aliphatic carbocycles. The zero-order valence-corrected chi connectivity index (χ0v) is 5.33. The maximum atomic E-state index is 10.6. The van der Waals surface area contributed by atoms with E-state index < -0.39 is 5.91 Å². The smallest absolute Gasteiger partial charge is 0.245 e. The van der Waals surface area contributed by atoms with Crippen molar-refractivity contribution in [1.82, 2.24) is 0 Å². The number of ketones is 1. The molecule has 3 heteroatoms. The lowest BCUT2D eigenvalue weighted by molar-refractivity contribution is -0.118. The van der Waals surface area contributed by atoms with Crippen LogP contribution in [0.4, 0.5) is 0 Å². The molecule has 0 unspecified atom stereocenters. The fourth-order valence-corrected chi connectivity index (χ4v) is 0.746. The number of rotatable bonds is 1. The Morgan fingerprint density at radius 3 is 2.70 bits per heavy atom. The molecular weight excluding hydrogens is 130 g/mol. The molecule has 0 aromatic carbocycles. The first-order chi connectivity index (χ1) is 4.70. The summed E-state index contributed by atoms with van der Waals surface area (Å²) >= 11 is 0. The number of nitrogens with two attached hydrogens (primary N) is 1. The highest BCUT2D eigenvalue weighted by molar-refractivity contribution is 6.03. The predicted octanol–water partition coefficient (Wildman–Crippen LogP) is -0.0729. The SMILES string of the molecule is NC(=O)C1=CC=CC(=O)C1. The Bertz CT molecular complexity index is 238. The lowest BCUT2D eigenvalue weighted by Crippen LogP contribution is -2.17. The Morgan fingerprint density at radius 1 is 1.60 bits per heavy atom. The maximum Gasteiger partial charge on any atom is 0.245 e. The molecule has 1 aliphatic rings. The van der Waals surface area contributed by atoms with Gasteiger partial charge in [-0.1, -0.05) is 12.2 Å². The van der Waals surface area contributed by atoms with Crippen LogP contribution in [0, 0.1) is 0 Å². The standard InChI is InChI=1S/C7H7NO2/c8-7(10)5-2-1-3-6(9)4-5/h1-3H,4H2,(H2,8,10). The summed E-state index contributed by atoms with van der Waals surface area (Å²) in [6.45, 7) is 0. The van der Waals surface area contributed by atoms with Gasteiger partial charge in [0.15, 0.2) is 5.78 Å². The molecule has 2 N–H and O–H groups in total. The molecule has 0 fully saturated rings. The van der Waals surface area contributed by atoms with Crippen molar-refractivity contribution in [3.63, 3.8) is 0 Å². The topological polar surface area (TPSA) is 60.2 Å². The van der Waals surface area contributed by atoms with Gasteiger partial charge in [-0.15, -0.1) is 0 Å². The quantitative estimate of drug-likeness (QED) is 0.549. The Morgan fingerprint density at radius 2 is 2.30 bits per heavy atom. The highest BCUT2D eigenvalue weighted by Gasteiger charge is 2.10. The first-order valence-electron chi connectivity index (χ1n) is 2.90. The normalized spacial score (nSPS) is 16.8. The Labute approximate surface area is 58.2 Å². The highest BCUT2D eigenvalue weighted by Crippen LogP contribution is 2.07. The van der Waals surface area contributed by atoms with Crippen LogP contribution in [0.15, 0.2) is 23.8 Å². The molecule has 0 aliphatic heterocycles. The third-order valence-corrected chi connectivity index (χ3v) is 1.26. The van der Waals surface area contributed by atoms with Gasteiger partial charge in [0, 0.05) is 12.0 Å². The highest BCUT2D eigenvalue weighted by atomic mass is 16.1. The first-order valence-corrected chi connectivity index (χ1v) is 2.90. The molecule has 1 amide bonds. The van der Waals surface area contributed by atoms with Crippen LogP contribution in [0.25, 0.3) is 0 Å². The van der Waals surface area contributed by atoms with E-state index in [4.69, 9.17) is 5.73 Å². The van der Waals surface area contributed by atoms with Crippen LogP contribution in [-0.2, 0) is 9.59 Å². The van der Waals surface area contributed by atoms with Gasteiger partial charge < -0.3 is 5.73 Å². The third-order valence-electron chi connectivity index (χ3n) is 1.26. The van der Waals surface area contributed by atoms with Crippen molar-refractivity contribution in [2.45, 2.75) is 6.42 Å². The predicted molar refractivity (Wildman–Crippen MR) is 36.0 cm³/mol. The van der Waals surface area contributed by atoms with Crippen LogP contribution in [0.1, 0.15) is 6.42 Å².